The number of fused-ring (bicyclic) bond motifs is 27. The van der Waals surface area contributed by atoms with Crippen molar-refractivity contribution in [3.63, 3.8) is 0 Å². The Kier molecular flexibility index (Phi) is 41.1. The van der Waals surface area contributed by atoms with Gasteiger partial charge >= 0.3 is 0 Å². The summed E-state index contributed by atoms with van der Waals surface area (Å²) in [5.74, 6) is -16.1. The van der Waals surface area contributed by atoms with Gasteiger partial charge in [-0.2, -0.15) is 25.3 Å². The molecule has 3 aliphatic heterocycles. The second-order valence-electron chi connectivity index (χ2n) is 35.8. The summed E-state index contributed by atoms with van der Waals surface area (Å²) in [7, 11) is 1.26. The zero-order valence-electron chi connectivity index (χ0n) is 78.9. The average molecular weight is 1950 g/mol. The number of aliphatic hydroxyl groups excluding tert-OH is 1. The maximum atomic E-state index is 16.0. The van der Waals surface area contributed by atoms with Crippen LogP contribution in [0.15, 0.2) is 110 Å². The van der Waals surface area contributed by atoms with Gasteiger partial charge in [0.1, 0.15) is 90.1 Å². The van der Waals surface area contributed by atoms with Crippen molar-refractivity contribution in [2.45, 2.75) is 246 Å². The molecule has 748 valence electrons. The number of phenols is 1. The summed E-state index contributed by atoms with van der Waals surface area (Å²) in [6.45, 7) is 11.7. The Morgan fingerprint density at radius 1 is 0.645 bits per heavy atom. The Balaban J connectivity index is 1.19. The van der Waals surface area contributed by atoms with Gasteiger partial charge in [-0.05, 0) is 155 Å². The second-order valence-corrected chi connectivity index (χ2v) is 38.1. The minimum atomic E-state index is -2.02. The van der Waals surface area contributed by atoms with E-state index in [0.717, 1.165) is 17.4 Å². The van der Waals surface area contributed by atoms with E-state index in [9.17, 15) is 63.0 Å². The number of likely N-dealkylation sites (N-methyl/N-ethyl adjacent to an activating group) is 1. The molecule has 3 aliphatic rings. The molecule has 12 atom stereocenters. The number of carbonyl (C=O) groups excluding carboxylic acids is 18. The van der Waals surface area contributed by atoms with Crippen LogP contribution in [-0.2, 0) is 117 Å². The lowest BCUT2D eigenvalue weighted by molar-refractivity contribution is -0.141. The normalized spacial score (nSPS) is 19.1. The number of hydrogen-bond acceptors (Lipinski definition) is 25. The lowest BCUT2D eigenvalue weighted by Gasteiger charge is -2.38. The summed E-state index contributed by atoms with van der Waals surface area (Å²) < 4.78 is 8.96. The van der Waals surface area contributed by atoms with Crippen molar-refractivity contribution in [2.75, 3.05) is 53.0 Å². The predicted octanol–water partition coefficient (Wildman–Crippen LogP) is -1.46. The molecule has 6 aromatic rings. The summed E-state index contributed by atoms with van der Waals surface area (Å²) in [5.41, 5.74) is 12.2. The minimum absolute atomic E-state index is 0.0635. The van der Waals surface area contributed by atoms with Gasteiger partial charge in [0.25, 0.3) is 0 Å². The summed E-state index contributed by atoms with van der Waals surface area (Å²) in [6.07, 6.45) is -0.606. The molecule has 2 aromatic heterocycles. The molecule has 1 fully saturated rings. The van der Waals surface area contributed by atoms with Crippen LogP contribution in [0.4, 0.5) is 0 Å². The number of aromatic nitrogens is 2. The van der Waals surface area contributed by atoms with Crippen LogP contribution in [0, 0.1) is 6.92 Å². The molecule has 22 N–H and O–H groups in total. The number of aliphatic hydroxyl groups is 1. The lowest BCUT2D eigenvalue weighted by Crippen LogP contribution is -2.67. The Bertz CT molecular complexity index is 5370. The number of rotatable bonds is 37. The third kappa shape index (κ3) is 34.0. The number of nitrogens with zero attached hydrogens (tertiary/aromatic N) is 2. The number of thiol groups is 2. The number of carbonyl (C=O) groups is 18. The maximum Gasteiger partial charge on any atom is 0.246 e. The maximum absolute atomic E-state index is 16.0. The molecule has 18 amide bonds. The molecule has 1 saturated heterocycles. The number of phenolic OH excluding ortho intramolecular Hbond substituents is 1. The van der Waals surface area contributed by atoms with Gasteiger partial charge in [-0.25, -0.2) is 0 Å². The molecular weight excluding hydrogens is 1830 g/mol. The number of H-pyrrole nitrogens is 1. The summed E-state index contributed by atoms with van der Waals surface area (Å²) in [5, 5.41) is 63.8. The number of nitrogens with one attached hydrogen (secondary N) is 16. The van der Waals surface area contributed by atoms with Crippen molar-refractivity contribution in [1.82, 2.24) is 94.6 Å². The van der Waals surface area contributed by atoms with E-state index in [4.69, 9.17) is 33.6 Å². The highest BCUT2D eigenvalue weighted by Gasteiger charge is 2.47. The second kappa shape index (κ2) is 51.6. The SMILES string of the molecule is CC(=O)NCCCC[C@@H]1NC(=O)[C@H](Cc2c[nH]c3c(C)cccc23)NC(=O)[C@H]([C@@H](C)O)NC(=O)[C@@H](NC(=O)[C@@H](NC(C)=O)C(C)(C)S)CCC(=O)NCCOc2ccc(cc2)C[C@@H](C(=O)N[C@@H](Cc2ccc3cc(O)ccc3c2)C(=O)NC2(C(=O)N[C@@H](CCCCNC(C)=O)C(=O)N[C@@H](CC(N)=O)C(=O)N[C@@H](Cc3cccnc3)C(=O)N(C)CC(N)=O)CCOCC2)NC(=O)[C@H](C(C)(C)S)NC1=O. The first-order valence-electron chi connectivity index (χ1n) is 45.5. The van der Waals surface area contributed by atoms with Crippen molar-refractivity contribution >= 4 is 153 Å². The van der Waals surface area contributed by atoms with Crippen molar-refractivity contribution in [1.29, 1.82) is 0 Å². The van der Waals surface area contributed by atoms with Crippen LogP contribution in [0.5, 0.6) is 11.5 Å². The number of amides is 18. The third-order valence-corrected chi connectivity index (χ3v) is 23.7. The lowest BCUT2D eigenvalue weighted by atomic mass is 9.87. The molecule has 0 aliphatic carbocycles. The molecule has 5 heterocycles. The average Bonchev–Trinajstić information content (AvgIpc) is 1.64. The molecular formula is C94H128N20O22S2. The molecule has 2 bridgehead atoms. The van der Waals surface area contributed by atoms with Crippen LogP contribution in [0.2, 0.25) is 0 Å². The largest absolute Gasteiger partial charge is 0.508 e. The molecule has 9 rings (SSSR count). The number of unbranched alkanes of at least 4 members (excludes halogenated alkanes) is 2. The van der Waals surface area contributed by atoms with E-state index in [1.54, 1.807) is 66.9 Å². The van der Waals surface area contributed by atoms with E-state index in [-0.39, 0.29) is 133 Å². The van der Waals surface area contributed by atoms with E-state index < -0.39 is 214 Å². The monoisotopic (exact) mass is 1950 g/mol. The van der Waals surface area contributed by atoms with Gasteiger partial charge in [0.15, 0.2) is 0 Å². The molecule has 138 heavy (non-hydrogen) atoms. The number of ether oxygens (including phenoxy) is 2. The Hall–Kier alpha value is -13.5. The van der Waals surface area contributed by atoms with Gasteiger partial charge in [0.2, 0.25) is 106 Å². The quantitative estimate of drug-likeness (QED) is 0.0120. The molecule has 0 spiro atoms. The van der Waals surface area contributed by atoms with Crippen molar-refractivity contribution in [3.05, 3.63) is 137 Å². The molecule has 0 unspecified atom stereocenters. The Morgan fingerprint density at radius 3 is 1.93 bits per heavy atom. The van der Waals surface area contributed by atoms with Crippen LogP contribution < -0.4 is 96.0 Å². The number of aromatic amines is 1. The smallest absolute Gasteiger partial charge is 0.246 e. The fourth-order valence-corrected chi connectivity index (χ4v) is 16.1. The Labute approximate surface area is 809 Å². The third-order valence-electron chi connectivity index (χ3n) is 23.2. The number of nitrogens with two attached hydrogens (primary N) is 2. The van der Waals surface area contributed by atoms with E-state index in [0.29, 0.717) is 43.9 Å². The number of aryl methyl sites for hydroxylation is 1. The Morgan fingerprint density at radius 2 is 1.29 bits per heavy atom. The van der Waals surface area contributed by atoms with Gasteiger partial charge in [0.05, 0.1) is 25.6 Å². The number of primary amides is 2. The fraction of sp³-hybridized carbons (Fsp3) is 0.500. The summed E-state index contributed by atoms with van der Waals surface area (Å²) >= 11 is 9.38. The first-order valence-corrected chi connectivity index (χ1v) is 46.4. The fourth-order valence-electron chi connectivity index (χ4n) is 15.8. The van der Waals surface area contributed by atoms with Crippen molar-refractivity contribution in [2.24, 2.45) is 11.5 Å². The van der Waals surface area contributed by atoms with Gasteiger partial charge in [-0.3, -0.25) is 91.3 Å². The highest BCUT2D eigenvalue weighted by Crippen LogP contribution is 2.29. The predicted molar refractivity (Wildman–Crippen MR) is 513 cm³/mol. The molecule has 0 saturated carbocycles. The topological polar surface area (TPSA) is 631 Å². The number of aromatic hydroxyl groups is 1. The highest BCUT2D eigenvalue weighted by atomic mass is 32.1. The summed E-state index contributed by atoms with van der Waals surface area (Å²) in [6, 6.07) is 5.78. The van der Waals surface area contributed by atoms with Gasteiger partial charge in [-0.1, -0.05) is 60.7 Å². The van der Waals surface area contributed by atoms with Crippen LogP contribution >= 0.6 is 25.3 Å². The number of para-hydroxylation sites is 1. The van der Waals surface area contributed by atoms with E-state index in [2.05, 4.69) is 102 Å². The molecule has 4 aromatic carbocycles. The van der Waals surface area contributed by atoms with E-state index in [1.165, 1.54) is 92.2 Å². The van der Waals surface area contributed by atoms with Crippen LogP contribution in [0.3, 0.4) is 0 Å². The first kappa shape index (κ1) is 110. The minimum Gasteiger partial charge on any atom is -0.508 e. The first-order chi connectivity index (χ1) is 65.2. The highest BCUT2D eigenvalue weighted by molar-refractivity contribution is 7.82. The number of benzene rings is 4. The van der Waals surface area contributed by atoms with Crippen LogP contribution in [-0.4, -0.2) is 272 Å². The van der Waals surface area contributed by atoms with Gasteiger partial charge < -0.3 is 121 Å². The molecule has 0 radical (unpaired) electrons. The zero-order chi connectivity index (χ0) is 101. The number of pyridine rings is 1. The van der Waals surface area contributed by atoms with Crippen LogP contribution in [0.25, 0.3) is 21.7 Å². The van der Waals surface area contributed by atoms with Gasteiger partial charge in [0, 0.05) is 138 Å². The number of hydrogen-bond donors (Lipinski definition) is 22. The molecule has 44 heteroatoms. The van der Waals surface area contributed by atoms with E-state index >= 15 is 33.6 Å². The van der Waals surface area contributed by atoms with Gasteiger partial charge in [-0.15, -0.1) is 0 Å². The van der Waals surface area contributed by atoms with Crippen molar-refractivity contribution < 1.29 is 106 Å². The zero-order valence-corrected chi connectivity index (χ0v) is 80.7. The molecule has 42 nitrogen and oxygen atoms in total. The van der Waals surface area contributed by atoms with E-state index in [1.807, 2.05) is 13.0 Å². The standard InChI is InChI=1S/C94H128N20O22S2/c1-51-17-15-19-64-61(49-101-76(51)64)46-70-84(127)103-65(20-11-13-35-98-53(3)116)82(125)112-79(93(8,9)138)89(132)108-68(42-56-23-28-63(29-24-56)136-40-37-100-75(122)31-30-67(81(124)111-77(52(2)115)87(130)107-70)104-88(131)78(92(6,7)137)102-55(5)118)83(126)105-69(43-57-22-25-60-45-62(119)27-26-59(60)41-57)86(129)113-94(32-38-135-39-33-94)91(134)110-66(21-12-14-36-99-54(4)117)80(123)106-71(47-73(95)120)85(128)109-72(44-58-18-16-34-97-48-58)90(133)114(10)50-74(96)121/h15-19,22-29,34,41,45,48-49,52,65-72,77-79,101,115,119,137-138H,11-14,20-21,30-33,35-40,42-44,46-47,50H2,1-10H3,(H2,95,120)(H2,96,121)(H,98,116)(H,99,117)(H,100,122)(H,102,118)(H,103,127)(H,104,131)(H,105,126)(H,106,123)(H,107,130)(H,108,132)(H,109,128)(H,110,134)(H,111,124)(H,112,125)(H,113,129)/t52-,65+,66+,67+,68+,69+,70+,71+,72+,77+,78-,79-/m1/s1. The summed E-state index contributed by atoms with van der Waals surface area (Å²) in [4.78, 5) is 265. The van der Waals surface area contributed by atoms with Crippen molar-refractivity contribution in [3.8, 4) is 11.5 Å². The van der Waals surface area contributed by atoms with Crippen LogP contribution in [0.1, 0.15) is 154 Å².